The van der Waals surface area contributed by atoms with Gasteiger partial charge in [0.15, 0.2) is 5.13 Å². The second-order valence-electron chi connectivity index (χ2n) is 5.33. The molecule has 2 rings (SSSR count). The maximum Gasteiger partial charge on any atom is 0.347 e. The number of anilines is 1. The zero-order valence-electron chi connectivity index (χ0n) is 12.5. The maximum absolute atomic E-state index is 11.3. The van der Waals surface area contributed by atoms with Crippen molar-refractivity contribution in [1.82, 2.24) is 4.98 Å². The van der Waals surface area contributed by atoms with E-state index in [4.69, 9.17) is 0 Å². The third kappa shape index (κ3) is 3.82. The molecule has 0 radical (unpaired) electrons. The minimum atomic E-state index is -0.890. The van der Waals surface area contributed by atoms with E-state index in [0.29, 0.717) is 10.6 Å². The highest BCUT2D eigenvalue weighted by Crippen LogP contribution is 2.30. The van der Waals surface area contributed by atoms with Crippen molar-refractivity contribution in [3.63, 3.8) is 0 Å². The van der Waals surface area contributed by atoms with Gasteiger partial charge in [-0.15, -0.1) is 0 Å². The first-order valence-electron chi connectivity index (χ1n) is 6.98. The number of benzene rings is 1. The van der Waals surface area contributed by atoms with Crippen molar-refractivity contribution in [2.45, 2.75) is 26.2 Å². The standard InChI is InChI=1S/C16H20N2O2S/c1-11(2)13-14(15(19)20)21-16(17-13)18(3)10-9-12-7-5-4-6-8-12/h4-8,11H,9-10H2,1-3H3,(H,19,20). The maximum atomic E-state index is 11.3. The molecule has 0 unspecified atom stereocenters. The van der Waals surface area contributed by atoms with Crippen LogP contribution in [0.25, 0.3) is 0 Å². The van der Waals surface area contributed by atoms with Gasteiger partial charge >= 0.3 is 5.97 Å². The quantitative estimate of drug-likeness (QED) is 0.885. The highest BCUT2D eigenvalue weighted by Gasteiger charge is 2.21. The van der Waals surface area contributed by atoms with Crippen LogP contribution < -0.4 is 4.90 Å². The third-order valence-electron chi connectivity index (χ3n) is 3.29. The Labute approximate surface area is 129 Å². The van der Waals surface area contributed by atoms with Gasteiger partial charge in [-0.05, 0) is 17.9 Å². The molecule has 4 nitrogen and oxygen atoms in total. The molecule has 1 heterocycles. The van der Waals surface area contributed by atoms with Crippen molar-refractivity contribution in [2.75, 3.05) is 18.5 Å². The van der Waals surface area contributed by atoms with Crippen LogP contribution in [0.3, 0.4) is 0 Å². The molecule has 0 fully saturated rings. The van der Waals surface area contributed by atoms with Gasteiger partial charge in [0.2, 0.25) is 0 Å². The van der Waals surface area contributed by atoms with Gasteiger partial charge in [-0.1, -0.05) is 55.5 Å². The summed E-state index contributed by atoms with van der Waals surface area (Å²) in [6.07, 6.45) is 0.913. The van der Waals surface area contributed by atoms with E-state index in [0.717, 1.165) is 18.1 Å². The van der Waals surface area contributed by atoms with Crippen molar-refractivity contribution < 1.29 is 9.90 Å². The smallest absolute Gasteiger partial charge is 0.347 e. The summed E-state index contributed by atoms with van der Waals surface area (Å²) in [7, 11) is 1.96. The number of hydrogen-bond acceptors (Lipinski definition) is 4. The van der Waals surface area contributed by atoms with Gasteiger partial charge in [0.05, 0.1) is 5.69 Å². The van der Waals surface area contributed by atoms with E-state index >= 15 is 0 Å². The van der Waals surface area contributed by atoms with E-state index in [1.54, 1.807) is 0 Å². The Hall–Kier alpha value is -1.88. The van der Waals surface area contributed by atoms with Gasteiger partial charge in [0.1, 0.15) is 4.88 Å². The zero-order chi connectivity index (χ0) is 15.4. The number of likely N-dealkylation sites (N-methyl/N-ethyl adjacent to an activating group) is 1. The van der Waals surface area contributed by atoms with Crippen molar-refractivity contribution in [3.05, 3.63) is 46.5 Å². The number of nitrogens with zero attached hydrogens (tertiary/aromatic N) is 2. The number of thiazole rings is 1. The predicted octanol–water partition coefficient (Wildman–Crippen LogP) is 3.64. The van der Waals surface area contributed by atoms with Crippen molar-refractivity contribution in [1.29, 1.82) is 0 Å². The number of aromatic carboxylic acids is 1. The lowest BCUT2D eigenvalue weighted by atomic mass is 10.1. The Morgan fingerprint density at radius 2 is 2.00 bits per heavy atom. The lowest BCUT2D eigenvalue weighted by Gasteiger charge is -2.15. The average molecular weight is 304 g/mol. The van der Waals surface area contributed by atoms with E-state index in [1.807, 2.05) is 44.0 Å². The lowest BCUT2D eigenvalue weighted by Crippen LogP contribution is -2.20. The number of aromatic nitrogens is 1. The topological polar surface area (TPSA) is 53.4 Å². The molecule has 1 aromatic carbocycles. The number of hydrogen-bond donors (Lipinski definition) is 1. The summed E-state index contributed by atoms with van der Waals surface area (Å²) in [6.45, 7) is 4.75. The summed E-state index contributed by atoms with van der Waals surface area (Å²) >= 11 is 1.25. The third-order valence-corrected chi connectivity index (χ3v) is 4.46. The van der Waals surface area contributed by atoms with Crippen molar-refractivity contribution in [2.24, 2.45) is 0 Å². The Morgan fingerprint density at radius 1 is 1.33 bits per heavy atom. The van der Waals surface area contributed by atoms with E-state index in [2.05, 4.69) is 17.1 Å². The molecule has 1 aromatic heterocycles. The molecule has 0 aliphatic carbocycles. The van der Waals surface area contributed by atoms with Gasteiger partial charge in [-0.2, -0.15) is 0 Å². The highest BCUT2D eigenvalue weighted by atomic mass is 32.1. The Bertz CT molecular complexity index is 608. The van der Waals surface area contributed by atoms with E-state index in [-0.39, 0.29) is 5.92 Å². The van der Waals surface area contributed by atoms with Crippen molar-refractivity contribution in [3.8, 4) is 0 Å². The zero-order valence-corrected chi connectivity index (χ0v) is 13.4. The van der Waals surface area contributed by atoms with Gasteiger partial charge in [0.25, 0.3) is 0 Å². The Morgan fingerprint density at radius 3 is 2.52 bits per heavy atom. The molecule has 0 bridgehead atoms. The molecule has 1 N–H and O–H groups in total. The van der Waals surface area contributed by atoms with Crippen LogP contribution in [0.15, 0.2) is 30.3 Å². The summed E-state index contributed by atoms with van der Waals surface area (Å²) in [5.74, 6) is -0.775. The SMILES string of the molecule is CC(C)c1nc(N(C)CCc2ccccc2)sc1C(=O)O. The largest absolute Gasteiger partial charge is 0.477 e. The molecule has 112 valence electrons. The molecule has 0 spiro atoms. The molecule has 5 heteroatoms. The van der Waals surface area contributed by atoms with Crippen LogP contribution in [0.1, 0.15) is 40.7 Å². The molecule has 0 saturated heterocycles. The molecule has 0 amide bonds. The van der Waals surface area contributed by atoms with Crippen LogP contribution in [0.5, 0.6) is 0 Å². The lowest BCUT2D eigenvalue weighted by molar-refractivity contribution is 0.0700. The minimum Gasteiger partial charge on any atom is -0.477 e. The number of carboxylic acid groups (broad SMARTS) is 1. The van der Waals surface area contributed by atoms with E-state index in [1.165, 1.54) is 16.9 Å². The summed E-state index contributed by atoms with van der Waals surface area (Å²) in [6, 6.07) is 10.2. The second-order valence-corrected chi connectivity index (χ2v) is 6.31. The van der Waals surface area contributed by atoms with Crippen LogP contribution in [-0.4, -0.2) is 29.7 Å². The number of carbonyl (C=O) groups is 1. The van der Waals surface area contributed by atoms with Gasteiger partial charge in [-0.3, -0.25) is 0 Å². The fraction of sp³-hybridized carbons (Fsp3) is 0.375. The van der Waals surface area contributed by atoms with Crippen LogP contribution in [-0.2, 0) is 6.42 Å². The Kier molecular flexibility index (Phi) is 4.96. The first-order chi connectivity index (χ1) is 9.99. The molecule has 0 aliphatic rings. The normalized spacial score (nSPS) is 10.9. The van der Waals surface area contributed by atoms with E-state index < -0.39 is 5.97 Å². The predicted molar refractivity (Wildman–Crippen MR) is 86.6 cm³/mol. The van der Waals surface area contributed by atoms with Crippen LogP contribution >= 0.6 is 11.3 Å². The second kappa shape index (κ2) is 6.72. The first kappa shape index (κ1) is 15.5. The molecule has 21 heavy (non-hydrogen) atoms. The van der Waals surface area contributed by atoms with Crippen LogP contribution in [0, 0.1) is 0 Å². The summed E-state index contributed by atoms with van der Waals surface area (Å²) in [4.78, 5) is 18.2. The van der Waals surface area contributed by atoms with Crippen LogP contribution in [0.2, 0.25) is 0 Å². The Balaban J connectivity index is 2.10. The molecular formula is C16H20N2O2S. The molecule has 0 aliphatic heterocycles. The fourth-order valence-corrected chi connectivity index (χ4v) is 3.11. The van der Waals surface area contributed by atoms with E-state index in [9.17, 15) is 9.90 Å². The number of carboxylic acids is 1. The molecule has 0 saturated carbocycles. The van der Waals surface area contributed by atoms with Crippen molar-refractivity contribution >= 4 is 22.4 Å². The molecular weight excluding hydrogens is 284 g/mol. The average Bonchev–Trinajstić information content (AvgIpc) is 2.91. The van der Waals surface area contributed by atoms with Gasteiger partial charge in [0, 0.05) is 13.6 Å². The summed E-state index contributed by atoms with van der Waals surface area (Å²) in [5.41, 5.74) is 1.94. The van der Waals surface area contributed by atoms with Crippen LogP contribution in [0.4, 0.5) is 5.13 Å². The fourth-order valence-electron chi connectivity index (χ4n) is 2.07. The van der Waals surface area contributed by atoms with Gasteiger partial charge in [-0.25, -0.2) is 9.78 Å². The molecule has 2 aromatic rings. The highest BCUT2D eigenvalue weighted by molar-refractivity contribution is 7.17. The summed E-state index contributed by atoms with van der Waals surface area (Å²) < 4.78 is 0. The van der Waals surface area contributed by atoms with Gasteiger partial charge < -0.3 is 10.0 Å². The molecule has 0 atom stereocenters. The monoisotopic (exact) mass is 304 g/mol. The minimum absolute atomic E-state index is 0.114. The number of rotatable bonds is 6. The summed E-state index contributed by atoms with van der Waals surface area (Å²) in [5, 5.41) is 10.0. The first-order valence-corrected chi connectivity index (χ1v) is 7.79.